The van der Waals surface area contributed by atoms with E-state index in [1.54, 1.807) is 0 Å². The molecular formula is C20H23NO2. The second-order valence-corrected chi connectivity index (χ2v) is 6.07. The fraction of sp³-hybridized carbons (Fsp3) is 0.350. The van der Waals surface area contributed by atoms with Crippen molar-refractivity contribution in [1.82, 2.24) is 5.32 Å². The van der Waals surface area contributed by atoms with Crippen LogP contribution in [0.4, 0.5) is 0 Å². The van der Waals surface area contributed by atoms with Gasteiger partial charge in [-0.05, 0) is 25.0 Å². The van der Waals surface area contributed by atoms with Crippen LogP contribution in [0.5, 0.6) is 5.75 Å². The Bertz CT molecular complexity index is 606. The van der Waals surface area contributed by atoms with E-state index in [4.69, 9.17) is 4.74 Å². The number of carbonyl (C=O) groups excluding carboxylic acids is 1. The van der Waals surface area contributed by atoms with Crippen LogP contribution in [0, 0.1) is 0 Å². The Kier molecular flexibility index (Phi) is 5.30. The highest BCUT2D eigenvalue weighted by molar-refractivity contribution is 5.82. The molecule has 1 N–H and O–H groups in total. The Morgan fingerprint density at radius 3 is 2.17 bits per heavy atom. The summed E-state index contributed by atoms with van der Waals surface area (Å²) in [6, 6.07) is 19.5. The van der Waals surface area contributed by atoms with Crippen molar-refractivity contribution in [3.05, 3.63) is 66.2 Å². The number of hydrogen-bond acceptors (Lipinski definition) is 2. The lowest BCUT2D eigenvalue weighted by molar-refractivity contribution is -0.129. The first-order valence-electron chi connectivity index (χ1n) is 8.40. The molecule has 1 fully saturated rings. The van der Waals surface area contributed by atoms with E-state index in [2.05, 4.69) is 5.32 Å². The highest BCUT2D eigenvalue weighted by Gasteiger charge is 2.25. The lowest BCUT2D eigenvalue weighted by atomic mass is 9.95. The lowest BCUT2D eigenvalue weighted by Gasteiger charge is -2.26. The van der Waals surface area contributed by atoms with Gasteiger partial charge in [0.15, 0.2) is 0 Å². The SMILES string of the molecule is O=C(NC1CCCCC1)C(Oc1ccccc1)c1ccccc1. The first-order chi connectivity index (χ1) is 11.3. The molecule has 0 radical (unpaired) electrons. The van der Waals surface area contributed by atoms with Crippen molar-refractivity contribution in [3.8, 4) is 5.75 Å². The molecule has 1 atom stereocenters. The lowest BCUT2D eigenvalue weighted by Crippen LogP contribution is -2.40. The van der Waals surface area contributed by atoms with Gasteiger partial charge in [0.2, 0.25) is 6.10 Å². The summed E-state index contributed by atoms with van der Waals surface area (Å²) in [5, 5.41) is 3.17. The number of benzene rings is 2. The number of ether oxygens (including phenoxy) is 1. The zero-order valence-electron chi connectivity index (χ0n) is 13.3. The van der Waals surface area contributed by atoms with E-state index in [1.807, 2.05) is 60.7 Å². The maximum atomic E-state index is 12.8. The normalized spacial score (nSPS) is 16.5. The van der Waals surface area contributed by atoms with Gasteiger partial charge in [-0.2, -0.15) is 0 Å². The standard InChI is InChI=1S/C20H23NO2/c22-20(21-17-12-6-2-7-13-17)19(16-10-4-1-5-11-16)23-18-14-8-3-9-15-18/h1,3-5,8-11,14-15,17,19H,2,6-7,12-13H2,(H,21,22). The molecule has 1 unspecified atom stereocenters. The number of amides is 1. The van der Waals surface area contributed by atoms with Gasteiger partial charge in [0.25, 0.3) is 5.91 Å². The quantitative estimate of drug-likeness (QED) is 0.896. The van der Waals surface area contributed by atoms with Gasteiger partial charge in [-0.25, -0.2) is 0 Å². The molecule has 3 nitrogen and oxygen atoms in total. The molecule has 3 heteroatoms. The van der Waals surface area contributed by atoms with Gasteiger partial charge in [-0.15, -0.1) is 0 Å². The van der Waals surface area contributed by atoms with Crippen molar-refractivity contribution in [3.63, 3.8) is 0 Å². The zero-order chi connectivity index (χ0) is 15.9. The molecule has 1 aliphatic rings. The molecule has 0 aromatic heterocycles. The summed E-state index contributed by atoms with van der Waals surface area (Å²) in [4.78, 5) is 12.8. The molecular weight excluding hydrogens is 286 g/mol. The highest BCUT2D eigenvalue weighted by Crippen LogP contribution is 2.24. The predicted molar refractivity (Wildman–Crippen MR) is 91.3 cm³/mol. The number of para-hydroxylation sites is 1. The highest BCUT2D eigenvalue weighted by atomic mass is 16.5. The maximum absolute atomic E-state index is 12.8. The average Bonchev–Trinajstić information content (AvgIpc) is 2.62. The molecule has 23 heavy (non-hydrogen) atoms. The van der Waals surface area contributed by atoms with E-state index in [1.165, 1.54) is 19.3 Å². The van der Waals surface area contributed by atoms with Gasteiger partial charge in [-0.1, -0.05) is 67.8 Å². The molecule has 2 aromatic carbocycles. The van der Waals surface area contributed by atoms with Crippen molar-refractivity contribution in [2.45, 2.75) is 44.2 Å². The summed E-state index contributed by atoms with van der Waals surface area (Å²) in [5.74, 6) is 0.659. The molecule has 120 valence electrons. The van der Waals surface area contributed by atoms with Crippen LogP contribution >= 0.6 is 0 Å². The Balaban J connectivity index is 1.75. The van der Waals surface area contributed by atoms with Crippen LogP contribution in [0.1, 0.15) is 43.8 Å². The van der Waals surface area contributed by atoms with E-state index >= 15 is 0 Å². The number of hydrogen-bond donors (Lipinski definition) is 1. The molecule has 0 bridgehead atoms. The minimum Gasteiger partial charge on any atom is -0.476 e. The predicted octanol–water partition coefficient (Wildman–Crippen LogP) is 4.26. The molecule has 1 saturated carbocycles. The third-order valence-electron chi connectivity index (χ3n) is 4.29. The summed E-state index contributed by atoms with van der Waals surface area (Å²) in [5.41, 5.74) is 0.879. The molecule has 0 aliphatic heterocycles. The summed E-state index contributed by atoms with van der Waals surface area (Å²) >= 11 is 0. The minimum absolute atomic E-state index is 0.0491. The summed E-state index contributed by atoms with van der Waals surface area (Å²) in [7, 11) is 0. The fourth-order valence-corrected chi connectivity index (χ4v) is 3.06. The zero-order valence-corrected chi connectivity index (χ0v) is 13.3. The van der Waals surface area contributed by atoms with Gasteiger partial charge >= 0.3 is 0 Å². The van der Waals surface area contributed by atoms with E-state index in [0.717, 1.165) is 18.4 Å². The van der Waals surface area contributed by atoms with Crippen LogP contribution in [-0.2, 0) is 4.79 Å². The van der Waals surface area contributed by atoms with E-state index < -0.39 is 6.10 Å². The topological polar surface area (TPSA) is 38.3 Å². The number of rotatable bonds is 5. The van der Waals surface area contributed by atoms with E-state index in [-0.39, 0.29) is 11.9 Å². The monoisotopic (exact) mass is 309 g/mol. The average molecular weight is 309 g/mol. The first kappa shape index (κ1) is 15.6. The van der Waals surface area contributed by atoms with E-state index in [0.29, 0.717) is 5.75 Å². The van der Waals surface area contributed by atoms with Crippen LogP contribution in [-0.4, -0.2) is 11.9 Å². The minimum atomic E-state index is -0.611. The molecule has 1 aliphatic carbocycles. The molecule has 0 spiro atoms. The molecule has 1 amide bonds. The summed E-state index contributed by atoms with van der Waals surface area (Å²) < 4.78 is 5.99. The molecule has 3 rings (SSSR count). The smallest absolute Gasteiger partial charge is 0.266 e. The Hall–Kier alpha value is -2.29. The van der Waals surface area contributed by atoms with Gasteiger partial charge in [-0.3, -0.25) is 4.79 Å². The maximum Gasteiger partial charge on any atom is 0.266 e. The third kappa shape index (κ3) is 4.35. The van der Waals surface area contributed by atoms with Gasteiger partial charge in [0, 0.05) is 11.6 Å². The van der Waals surface area contributed by atoms with Crippen molar-refractivity contribution in [1.29, 1.82) is 0 Å². The largest absolute Gasteiger partial charge is 0.476 e. The van der Waals surface area contributed by atoms with Gasteiger partial charge in [0.1, 0.15) is 5.75 Å². The Morgan fingerprint density at radius 2 is 1.52 bits per heavy atom. The van der Waals surface area contributed by atoms with Crippen LogP contribution < -0.4 is 10.1 Å². The van der Waals surface area contributed by atoms with Crippen molar-refractivity contribution >= 4 is 5.91 Å². The van der Waals surface area contributed by atoms with Crippen LogP contribution in [0.2, 0.25) is 0 Å². The van der Waals surface area contributed by atoms with Crippen LogP contribution in [0.25, 0.3) is 0 Å². The third-order valence-corrected chi connectivity index (χ3v) is 4.29. The summed E-state index contributed by atoms with van der Waals surface area (Å²) in [6.07, 6.45) is 5.19. The first-order valence-corrected chi connectivity index (χ1v) is 8.40. The van der Waals surface area contributed by atoms with Crippen molar-refractivity contribution < 1.29 is 9.53 Å². The Labute approximate surface area is 137 Å². The van der Waals surface area contributed by atoms with Crippen LogP contribution in [0.15, 0.2) is 60.7 Å². The Morgan fingerprint density at radius 1 is 0.913 bits per heavy atom. The van der Waals surface area contributed by atoms with E-state index in [9.17, 15) is 4.79 Å². The van der Waals surface area contributed by atoms with Gasteiger partial charge in [0.05, 0.1) is 0 Å². The molecule has 0 heterocycles. The fourth-order valence-electron chi connectivity index (χ4n) is 3.06. The summed E-state index contributed by atoms with van der Waals surface area (Å²) in [6.45, 7) is 0. The second-order valence-electron chi connectivity index (χ2n) is 6.07. The van der Waals surface area contributed by atoms with Crippen molar-refractivity contribution in [2.75, 3.05) is 0 Å². The molecule has 0 saturated heterocycles. The number of carbonyl (C=O) groups is 1. The second kappa shape index (κ2) is 7.82. The number of nitrogens with one attached hydrogen (secondary N) is 1. The van der Waals surface area contributed by atoms with Crippen LogP contribution in [0.3, 0.4) is 0 Å². The molecule has 2 aromatic rings. The van der Waals surface area contributed by atoms with Crippen molar-refractivity contribution in [2.24, 2.45) is 0 Å². The van der Waals surface area contributed by atoms with Gasteiger partial charge < -0.3 is 10.1 Å².